The molecule has 5 aromatic carbocycles. The molecule has 0 fully saturated rings. The Morgan fingerprint density at radius 2 is 1.16 bits per heavy atom. The smallest absolute Gasteiger partial charge is 0.326 e. The third kappa shape index (κ3) is 4.97. The molecule has 4 nitrogen and oxygen atoms in total. The lowest BCUT2D eigenvalue weighted by atomic mass is 9.76. The molecule has 0 saturated heterocycles. The van der Waals surface area contributed by atoms with E-state index in [-0.39, 0.29) is 6.61 Å². The van der Waals surface area contributed by atoms with E-state index in [1.807, 2.05) is 97.1 Å². The van der Waals surface area contributed by atoms with Crippen molar-refractivity contribution in [2.24, 2.45) is 0 Å². The Kier molecular flexibility index (Phi) is 7.29. The number of ether oxygens (including phenoxy) is 2. The minimum atomic E-state index is -0.829. The van der Waals surface area contributed by atoms with E-state index in [4.69, 9.17) is 9.47 Å². The van der Waals surface area contributed by atoms with Crippen LogP contribution in [0.3, 0.4) is 0 Å². The van der Waals surface area contributed by atoms with Crippen LogP contribution in [0.2, 0.25) is 0 Å². The highest BCUT2D eigenvalue weighted by Crippen LogP contribution is 2.37. The summed E-state index contributed by atoms with van der Waals surface area (Å²) in [6.07, 6.45) is 0. The summed E-state index contributed by atoms with van der Waals surface area (Å²) in [5.74, 6) is 0.325. The van der Waals surface area contributed by atoms with Gasteiger partial charge in [-0.1, -0.05) is 127 Å². The summed E-state index contributed by atoms with van der Waals surface area (Å²) in [6, 6.07) is 43.7. The molecule has 0 heterocycles. The van der Waals surface area contributed by atoms with Gasteiger partial charge in [-0.3, -0.25) is 10.1 Å². The summed E-state index contributed by atoms with van der Waals surface area (Å²) in [4.78, 5) is 13.2. The minimum absolute atomic E-state index is 0.0922. The number of hydrogen-bond acceptors (Lipinski definition) is 4. The number of carbonyl (C=O) groups is 1. The Labute approximate surface area is 217 Å². The lowest BCUT2D eigenvalue weighted by Crippen LogP contribution is -2.55. The van der Waals surface area contributed by atoms with Crippen LogP contribution in [0.15, 0.2) is 133 Å². The number of hydrogen-bond donors (Lipinski definition) is 1. The van der Waals surface area contributed by atoms with Gasteiger partial charge >= 0.3 is 5.97 Å². The fraction of sp³-hybridized carbons (Fsp3) is 0.121. The van der Waals surface area contributed by atoms with Crippen molar-refractivity contribution in [1.82, 2.24) is 5.32 Å². The van der Waals surface area contributed by atoms with Gasteiger partial charge in [-0.25, -0.2) is 0 Å². The topological polar surface area (TPSA) is 47.6 Å². The molecule has 184 valence electrons. The molecule has 5 rings (SSSR count). The van der Waals surface area contributed by atoms with Crippen LogP contribution in [0.4, 0.5) is 0 Å². The fourth-order valence-corrected chi connectivity index (χ4v) is 4.88. The highest BCUT2D eigenvalue weighted by Gasteiger charge is 2.40. The molecule has 0 amide bonds. The van der Waals surface area contributed by atoms with E-state index in [2.05, 4.69) is 41.7 Å². The van der Waals surface area contributed by atoms with Crippen molar-refractivity contribution in [2.45, 2.75) is 11.6 Å². The predicted molar refractivity (Wildman–Crippen MR) is 148 cm³/mol. The average molecular weight is 488 g/mol. The van der Waals surface area contributed by atoms with Crippen molar-refractivity contribution >= 4 is 16.7 Å². The van der Waals surface area contributed by atoms with E-state index in [1.54, 1.807) is 0 Å². The zero-order valence-electron chi connectivity index (χ0n) is 20.7. The predicted octanol–water partition coefficient (Wildman–Crippen LogP) is 6.34. The summed E-state index contributed by atoms with van der Waals surface area (Å²) in [5, 5.41) is 5.76. The second-order valence-corrected chi connectivity index (χ2v) is 8.86. The molecule has 0 spiro atoms. The number of nitrogens with one attached hydrogen (secondary N) is 1. The number of esters is 1. The molecule has 37 heavy (non-hydrogen) atoms. The lowest BCUT2D eigenvalue weighted by Gasteiger charge is -2.39. The first kappa shape index (κ1) is 24.3. The summed E-state index contributed by atoms with van der Waals surface area (Å²) in [5.41, 5.74) is 2.19. The maximum atomic E-state index is 13.2. The van der Waals surface area contributed by atoms with Crippen molar-refractivity contribution in [2.75, 3.05) is 13.7 Å². The molecular weight excluding hydrogens is 458 g/mol. The number of fused-ring (bicyclic) bond motifs is 1. The number of rotatable bonds is 9. The minimum Gasteiger partial charge on any atom is -0.491 e. The molecule has 0 aliphatic heterocycles. The second kappa shape index (κ2) is 11.1. The molecule has 0 aliphatic carbocycles. The first-order valence-corrected chi connectivity index (χ1v) is 12.3. The van der Waals surface area contributed by atoms with Gasteiger partial charge in [0.1, 0.15) is 18.4 Å². The monoisotopic (exact) mass is 487 g/mol. The van der Waals surface area contributed by atoms with Crippen molar-refractivity contribution in [3.05, 3.63) is 150 Å². The molecule has 1 N–H and O–H groups in total. The van der Waals surface area contributed by atoms with E-state index in [1.165, 1.54) is 7.11 Å². The third-order valence-electron chi connectivity index (χ3n) is 6.65. The van der Waals surface area contributed by atoms with Gasteiger partial charge in [0.25, 0.3) is 0 Å². The van der Waals surface area contributed by atoms with Gasteiger partial charge in [-0.2, -0.15) is 0 Å². The van der Waals surface area contributed by atoms with Crippen molar-refractivity contribution < 1.29 is 14.3 Å². The average Bonchev–Trinajstić information content (AvgIpc) is 2.98. The summed E-state index contributed by atoms with van der Waals surface area (Å²) >= 11 is 0. The number of methoxy groups -OCH3 is 1. The van der Waals surface area contributed by atoms with Gasteiger partial charge in [0.05, 0.1) is 12.6 Å². The first-order valence-electron chi connectivity index (χ1n) is 12.3. The molecule has 0 saturated carbocycles. The maximum absolute atomic E-state index is 13.2. The number of carbonyl (C=O) groups excluding carboxylic acids is 1. The molecule has 1 unspecified atom stereocenters. The fourth-order valence-electron chi connectivity index (χ4n) is 4.88. The molecule has 0 radical (unpaired) electrons. The van der Waals surface area contributed by atoms with Gasteiger partial charge in [-0.15, -0.1) is 0 Å². The van der Waals surface area contributed by atoms with Crippen LogP contribution in [0.25, 0.3) is 10.8 Å². The molecular formula is C33H29NO3. The van der Waals surface area contributed by atoms with E-state index in [9.17, 15) is 4.79 Å². The zero-order valence-corrected chi connectivity index (χ0v) is 20.7. The Bertz CT molecular complexity index is 1350. The van der Waals surface area contributed by atoms with Crippen molar-refractivity contribution in [3.63, 3.8) is 0 Å². The van der Waals surface area contributed by atoms with Crippen molar-refractivity contribution in [3.8, 4) is 5.75 Å². The highest BCUT2D eigenvalue weighted by atomic mass is 16.5. The maximum Gasteiger partial charge on any atom is 0.326 e. The van der Waals surface area contributed by atoms with E-state index < -0.39 is 17.6 Å². The van der Waals surface area contributed by atoms with Gasteiger partial charge in [-0.05, 0) is 28.1 Å². The van der Waals surface area contributed by atoms with Crippen LogP contribution < -0.4 is 10.1 Å². The Hall–Kier alpha value is -4.41. The van der Waals surface area contributed by atoms with Crippen LogP contribution in [0, 0.1) is 0 Å². The van der Waals surface area contributed by atoms with Gasteiger partial charge in [0.15, 0.2) is 0 Å². The van der Waals surface area contributed by atoms with Crippen LogP contribution in [0.5, 0.6) is 5.75 Å². The second-order valence-electron chi connectivity index (χ2n) is 8.86. The summed E-state index contributed by atoms with van der Waals surface area (Å²) in [7, 11) is 1.41. The SMILES string of the molecule is COC(=O)C(COc1cccc2ccccc12)NC(c1ccccc1)(c1ccccc1)c1ccccc1. The first-order chi connectivity index (χ1) is 18.2. The van der Waals surface area contributed by atoms with Crippen LogP contribution in [-0.4, -0.2) is 25.7 Å². The Balaban J connectivity index is 1.60. The van der Waals surface area contributed by atoms with E-state index in [0.717, 1.165) is 33.2 Å². The molecule has 5 aromatic rings. The van der Waals surface area contributed by atoms with E-state index in [0.29, 0.717) is 0 Å². The number of benzene rings is 5. The summed E-state index contributed by atoms with van der Waals surface area (Å²) in [6.45, 7) is 0.0922. The largest absolute Gasteiger partial charge is 0.491 e. The van der Waals surface area contributed by atoms with Crippen LogP contribution >= 0.6 is 0 Å². The molecule has 4 heteroatoms. The van der Waals surface area contributed by atoms with Gasteiger partial charge in [0, 0.05) is 5.39 Å². The normalized spacial score (nSPS) is 12.1. The third-order valence-corrected chi connectivity index (χ3v) is 6.65. The molecule has 0 bridgehead atoms. The molecule has 0 aromatic heterocycles. The van der Waals surface area contributed by atoms with Crippen LogP contribution in [-0.2, 0) is 15.1 Å². The molecule has 0 aliphatic rings. The van der Waals surface area contributed by atoms with Crippen LogP contribution in [0.1, 0.15) is 16.7 Å². The summed E-state index contributed by atoms with van der Waals surface area (Å²) < 4.78 is 11.6. The van der Waals surface area contributed by atoms with Crippen molar-refractivity contribution in [1.29, 1.82) is 0 Å². The highest BCUT2D eigenvalue weighted by molar-refractivity contribution is 5.88. The quantitative estimate of drug-likeness (QED) is 0.195. The zero-order chi connectivity index (χ0) is 25.5. The van der Waals surface area contributed by atoms with Gasteiger partial charge in [0.2, 0.25) is 0 Å². The Morgan fingerprint density at radius 3 is 1.70 bits per heavy atom. The Morgan fingerprint density at radius 1 is 0.676 bits per heavy atom. The lowest BCUT2D eigenvalue weighted by molar-refractivity contribution is -0.144. The standard InChI is InChI=1S/C33H29NO3/c1-36-32(35)30(24-37-31-23-13-15-25-14-11-12-22-29(25)31)34-33(26-16-5-2-6-17-26,27-18-7-3-8-19-27)28-20-9-4-10-21-28/h2-23,30,34H,24H2,1H3. The molecule has 1 atom stereocenters. The van der Waals surface area contributed by atoms with Gasteiger partial charge < -0.3 is 9.47 Å². The van der Waals surface area contributed by atoms with E-state index >= 15 is 0 Å².